The summed E-state index contributed by atoms with van der Waals surface area (Å²) in [4.78, 5) is 29.6. The molecule has 0 bridgehead atoms. The second kappa shape index (κ2) is 6.04. The molecule has 0 spiro atoms. The topological polar surface area (TPSA) is 74.9 Å². The number of nitrogens with zero attached hydrogens (tertiary/aromatic N) is 3. The number of aliphatic carboxylic acids is 1. The number of thiazole rings is 1. The van der Waals surface area contributed by atoms with Gasteiger partial charge in [0.15, 0.2) is 4.96 Å². The zero-order chi connectivity index (χ0) is 14.7. The van der Waals surface area contributed by atoms with Crippen LogP contribution in [-0.4, -0.2) is 43.9 Å². The van der Waals surface area contributed by atoms with Gasteiger partial charge in [0, 0.05) is 36.1 Å². The van der Waals surface area contributed by atoms with Gasteiger partial charge in [0.25, 0.3) is 0 Å². The summed E-state index contributed by atoms with van der Waals surface area (Å²) in [7, 11) is 0. The summed E-state index contributed by atoms with van der Waals surface area (Å²) in [5, 5.41) is 10.7. The predicted molar refractivity (Wildman–Crippen MR) is 75.9 cm³/mol. The van der Waals surface area contributed by atoms with E-state index in [2.05, 4.69) is 4.98 Å². The van der Waals surface area contributed by atoms with E-state index in [1.165, 1.54) is 11.3 Å². The summed E-state index contributed by atoms with van der Waals surface area (Å²) in [6, 6.07) is -0.0150. The normalized spacial score (nSPS) is 11.2. The van der Waals surface area contributed by atoms with Gasteiger partial charge in [-0.3, -0.25) is 14.0 Å². The molecular weight excluding hydrogens is 278 g/mol. The van der Waals surface area contributed by atoms with Crippen LogP contribution in [0.2, 0.25) is 0 Å². The van der Waals surface area contributed by atoms with Crippen LogP contribution >= 0.6 is 11.3 Å². The molecule has 0 aliphatic carbocycles. The molecule has 20 heavy (non-hydrogen) atoms. The Bertz CT molecular complexity index is 617. The number of carbonyl (C=O) groups excluding carboxylic acids is 1. The van der Waals surface area contributed by atoms with Crippen molar-refractivity contribution >= 4 is 28.2 Å². The lowest BCUT2D eigenvalue weighted by Crippen LogP contribution is -2.39. The van der Waals surface area contributed by atoms with E-state index < -0.39 is 5.97 Å². The van der Waals surface area contributed by atoms with Gasteiger partial charge in [0.1, 0.15) is 0 Å². The SMILES string of the molecule is CC(C)N(CCC(=O)O)C(=O)Cc1csc2nccn12. The van der Waals surface area contributed by atoms with Crippen LogP contribution in [0.25, 0.3) is 4.96 Å². The highest BCUT2D eigenvalue weighted by Crippen LogP contribution is 2.16. The van der Waals surface area contributed by atoms with Crippen LogP contribution in [0.15, 0.2) is 17.8 Å². The van der Waals surface area contributed by atoms with Gasteiger partial charge in [-0.2, -0.15) is 0 Å². The Hall–Kier alpha value is -1.89. The quantitative estimate of drug-likeness (QED) is 0.879. The first-order chi connectivity index (χ1) is 9.49. The Morgan fingerprint density at radius 1 is 1.50 bits per heavy atom. The van der Waals surface area contributed by atoms with E-state index in [1.54, 1.807) is 11.1 Å². The lowest BCUT2D eigenvalue weighted by Gasteiger charge is -2.26. The van der Waals surface area contributed by atoms with Gasteiger partial charge in [-0.15, -0.1) is 11.3 Å². The number of carboxylic acid groups (broad SMARTS) is 1. The first-order valence-corrected chi connectivity index (χ1v) is 7.27. The third-order valence-corrected chi connectivity index (χ3v) is 3.96. The molecule has 0 radical (unpaired) electrons. The maximum absolute atomic E-state index is 12.3. The van der Waals surface area contributed by atoms with Crippen molar-refractivity contribution in [1.29, 1.82) is 0 Å². The van der Waals surface area contributed by atoms with E-state index in [-0.39, 0.29) is 31.3 Å². The molecule has 0 saturated carbocycles. The summed E-state index contributed by atoms with van der Waals surface area (Å²) in [6.45, 7) is 4.02. The number of imidazole rings is 1. The molecule has 0 aliphatic heterocycles. The second-order valence-corrected chi connectivity index (χ2v) is 5.64. The average Bonchev–Trinajstić information content (AvgIpc) is 2.93. The first kappa shape index (κ1) is 14.5. The van der Waals surface area contributed by atoms with Crippen molar-refractivity contribution < 1.29 is 14.7 Å². The number of carboxylic acids is 1. The molecule has 108 valence electrons. The average molecular weight is 295 g/mol. The molecular formula is C13H17N3O3S. The maximum atomic E-state index is 12.3. The van der Waals surface area contributed by atoms with Crippen molar-refractivity contribution in [3.05, 3.63) is 23.5 Å². The van der Waals surface area contributed by atoms with Gasteiger partial charge in [0.2, 0.25) is 5.91 Å². The molecule has 0 atom stereocenters. The lowest BCUT2D eigenvalue weighted by atomic mass is 10.2. The fourth-order valence-electron chi connectivity index (χ4n) is 2.04. The molecule has 2 rings (SSSR count). The molecule has 0 aliphatic rings. The minimum Gasteiger partial charge on any atom is -0.481 e. The molecule has 2 aromatic rings. The largest absolute Gasteiger partial charge is 0.481 e. The Labute approximate surface area is 120 Å². The summed E-state index contributed by atoms with van der Waals surface area (Å²) >= 11 is 1.49. The minimum absolute atomic E-state index is 0.0150. The van der Waals surface area contributed by atoms with Crippen molar-refractivity contribution in [3.8, 4) is 0 Å². The van der Waals surface area contributed by atoms with Crippen LogP contribution in [0.3, 0.4) is 0 Å². The van der Waals surface area contributed by atoms with E-state index in [1.807, 2.05) is 29.8 Å². The molecule has 0 fully saturated rings. The Morgan fingerprint density at radius 2 is 2.25 bits per heavy atom. The highest BCUT2D eigenvalue weighted by atomic mass is 32.1. The number of amides is 1. The van der Waals surface area contributed by atoms with E-state index in [0.29, 0.717) is 0 Å². The zero-order valence-corrected chi connectivity index (χ0v) is 12.3. The van der Waals surface area contributed by atoms with Crippen LogP contribution in [0.4, 0.5) is 0 Å². The van der Waals surface area contributed by atoms with Crippen molar-refractivity contribution in [3.63, 3.8) is 0 Å². The van der Waals surface area contributed by atoms with Gasteiger partial charge in [-0.05, 0) is 13.8 Å². The third-order valence-electron chi connectivity index (χ3n) is 3.06. The number of hydrogen-bond acceptors (Lipinski definition) is 4. The van der Waals surface area contributed by atoms with Gasteiger partial charge in [0.05, 0.1) is 12.8 Å². The molecule has 1 amide bonds. The van der Waals surface area contributed by atoms with Gasteiger partial charge < -0.3 is 10.0 Å². The van der Waals surface area contributed by atoms with Crippen molar-refractivity contribution in [2.75, 3.05) is 6.54 Å². The molecule has 6 nitrogen and oxygen atoms in total. The molecule has 1 N–H and O–H groups in total. The van der Waals surface area contributed by atoms with Crippen LogP contribution < -0.4 is 0 Å². The first-order valence-electron chi connectivity index (χ1n) is 6.39. The summed E-state index contributed by atoms with van der Waals surface area (Å²) in [5.74, 6) is -0.953. The monoisotopic (exact) mass is 295 g/mol. The number of rotatable bonds is 6. The van der Waals surface area contributed by atoms with E-state index >= 15 is 0 Å². The van der Waals surface area contributed by atoms with Crippen LogP contribution in [0, 0.1) is 0 Å². The molecule has 0 aromatic carbocycles. The van der Waals surface area contributed by atoms with Gasteiger partial charge in [-0.1, -0.05) is 0 Å². The molecule has 7 heteroatoms. The Morgan fingerprint density at radius 3 is 2.90 bits per heavy atom. The second-order valence-electron chi connectivity index (χ2n) is 4.81. The van der Waals surface area contributed by atoms with Crippen molar-refractivity contribution in [1.82, 2.24) is 14.3 Å². The highest BCUT2D eigenvalue weighted by Gasteiger charge is 2.19. The van der Waals surface area contributed by atoms with Gasteiger partial charge >= 0.3 is 5.97 Å². The summed E-state index contributed by atoms with van der Waals surface area (Å²) in [5.41, 5.74) is 0.883. The van der Waals surface area contributed by atoms with Crippen molar-refractivity contribution in [2.45, 2.75) is 32.7 Å². The molecule has 2 heterocycles. The van der Waals surface area contributed by atoms with Gasteiger partial charge in [-0.25, -0.2) is 4.98 Å². The minimum atomic E-state index is -0.893. The van der Waals surface area contributed by atoms with Crippen molar-refractivity contribution in [2.24, 2.45) is 0 Å². The standard InChI is InChI=1S/C13H17N3O3S/c1-9(2)15(5-3-12(18)19)11(17)7-10-8-20-13-14-4-6-16(10)13/h4,6,8-9H,3,5,7H2,1-2H3,(H,18,19). The fourth-order valence-corrected chi connectivity index (χ4v) is 2.90. The number of hydrogen-bond donors (Lipinski definition) is 1. The lowest BCUT2D eigenvalue weighted by molar-refractivity contribution is -0.139. The Kier molecular flexibility index (Phi) is 4.39. The van der Waals surface area contributed by atoms with Crippen LogP contribution in [0.5, 0.6) is 0 Å². The molecule has 0 saturated heterocycles. The van der Waals surface area contributed by atoms with Crippen LogP contribution in [-0.2, 0) is 16.0 Å². The van der Waals surface area contributed by atoms with E-state index in [4.69, 9.17) is 5.11 Å². The summed E-state index contributed by atoms with van der Waals surface area (Å²) in [6.07, 6.45) is 3.75. The fraction of sp³-hybridized carbons (Fsp3) is 0.462. The smallest absolute Gasteiger partial charge is 0.305 e. The maximum Gasteiger partial charge on any atom is 0.305 e. The number of carbonyl (C=O) groups is 2. The predicted octanol–water partition coefficient (Wildman–Crippen LogP) is 1.65. The highest BCUT2D eigenvalue weighted by molar-refractivity contribution is 7.15. The molecule has 2 aromatic heterocycles. The van der Waals surface area contributed by atoms with E-state index in [9.17, 15) is 9.59 Å². The molecule has 0 unspecified atom stereocenters. The number of aromatic nitrogens is 2. The third kappa shape index (κ3) is 3.16. The van der Waals surface area contributed by atoms with Crippen LogP contribution in [0.1, 0.15) is 26.0 Å². The van der Waals surface area contributed by atoms with E-state index in [0.717, 1.165) is 10.7 Å². The zero-order valence-electron chi connectivity index (χ0n) is 11.4. The Balaban J connectivity index is 2.08. The summed E-state index contributed by atoms with van der Waals surface area (Å²) < 4.78 is 1.89. The number of fused-ring (bicyclic) bond motifs is 1.